The van der Waals surface area contributed by atoms with Crippen molar-refractivity contribution in [3.8, 4) is 5.75 Å². The first-order chi connectivity index (χ1) is 12.7. The summed E-state index contributed by atoms with van der Waals surface area (Å²) in [5.41, 5.74) is 1.18. The van der Waals surface area contributed by atoms with Crippen LogP contribution in [0.25, 0.3) is 0 Å². The molecule has 0 radical (unpaired) electrons. The van der Waals surface area contributed by atoms with Gasteiger partial charge in [-0.15, -0.1) is 0 Å². The van der Waals surface area contributed by atoms with Crippen molar-refractivity contribution >= 4 is 21.7 Å². The van der Waals surface area contributed by atoms with E-state index in [0.29, 0.717) is 24.2 Å². The predicted molar refractivity (Wildman–Crippen MR) is 102 cm³/mol. The topological polar surface area (TPSA) is 90.0 Å². The van der Waals surface area contributed by atoms with Crippen molar-refractivity contribution in [2.75, 3.05) is 25.2 Å². The molecule has 150 valence electrons. The van der Waals surface area contributed by atoms with Crippen LogP contribution < -0.4 is 4.74 Å². The molecule has 1 aliphatic rings. The van der Waals surface area contributed by atoms with Gasteiger partial charge in [0, 0.05) is 12.1 Å². The molecule has 0 bridgehead atoms. The van der Waals surface area contributed by atoms with Crippen LogP contribution in [0.15, 0.2) is 18.2 Å². The quantitative estimate of drug-likeness (QED) is 0.654. The fraction of sp³-hybridized carbons (Fsp3) is 0.579. The Bertz CT molecular complexity index is 804. The smallest absolute Gasteiger partial charge is 0.338 e. The van der Waals surface area contributed by atoms with Crippen LogP contribution in [0.4, 0.5) is 0 Å². The summed E-state index contributed by atoms with van der Waals surface area (Å²) in [6.07, 6.45) is 1.10. The summed E-state index contributed by atoms with van der Waals surface area (Å²) in [7, 11) is -1.60. The van der Waals surface area contributed by atoms with Gasteiger partial charge in [0.1, 0.15) is 5.75 Å². The summed E-state index contributed by atoms with van der Waals surface area (Å²) in [5.74, 6) is -0.385. The largest absolute Gasteiger partial charge is 0.496 e. The van der Waals surface area contributed by atoms with E-state index in [2.05, 4.69) is 0 Å². The molecule has 1 amide bonds. The molecule has 8 heteroatoms. The molecule has 0 saturated carbocycles. The number of ether oxygens (including phenoxy) is 2. The minimum atomic E-state index is -3.12. The summed E-state index contributed by atoms with van der Waals surface area (Å²) in [6.45, 7) is 5.24. The molecule has 27 heavy (non-hydrogen) atoms. The molecular weight excluding hydrogens is 370 g/mol. The second-order valence-corrected chi connectivity index (χ2v) is 9.10. The van der Waals surface area contributed by atoms with Crippen molar-refractivity contribution in [3.05, 3.63) is 29.3 Å². The third-order valence-corrected chi connectivity index (χ3v) is 6.68. The van der Waals surface area contributed by atoms with Crippen LogP contribution in [0.5, 0.6) is 5.75 Å². The molecule has 1 aliphatic heterocycles. The van der Waals surface area contributed by atoms with E-state index in [1.807, 2.05) is 20.8 Å². The molecule has 1 aromatic carbocycles. The van der Waals surface area contributed by atoms with E-state index in [4.69, 9.17) is 9.47 Å². The first kappa shape index (κ1) is 21.2. The van der Waals surface area contributed by atoms with Crippen molar-refractivity contribution in [1.29, 1.82) is 0 Å². The van der Waals surface area contributed by atoms with Crippen molar-refractivity contribution in [2.45, 2.75) is 45.7 Å². The van der Waals surface area contributed by atoms with Gasteiger partial charge >= 0.3 is 5.97 Å². The maximum absolute atomic E-state index is 12.7. The van der Waals surface area contributed by atoms with Gasteiger partial charge in [-0.25, -0.2) is 13.2 Å². The number of aryl methyl sites for hydroxylation is 1. The minimum Gasteiger partial charge on any atom is -0.496 e. The summed E-state index contributed by atoms with van der Waals surface area (Å²) < 4.78 is 33.9. The van der Waals surface area contributed by atoms with Gasteiger partial charge in [0.05, 0.1) is 24.2 Å². The average Bonchev–Trinajstić information content (AvgIpc) is 2.99. The van der Waals surface area contributed by atoms with E-state index in [1.54, 1.807) is 23.1 Å². The lowest BCUT2D eigenvalue weighted by atomic mass is 10.1. The van der Waals surface area contributed by atoms with Gasteiger partial charge in [0.25, 0.3) is 5.91 Å². The highest BCUT2D eigenvalue weighted by molar-refractivity contribution is 7.91. The number of amides is 1. The molecule has 7 nitrogen and oxygen atoms in total. The van der Waals surface area contributed by atoms with Crippen molar-refractivity contribution < 1.29 is 27.5 Å². The number of sulfone groups is 1. The van der Waals surface area contributed by atoms with Gasteiger partial charge in [-0.1, -0.05) is 13.0 Å². The maximum atomic E-state index is 12.7. The Kier molecular flexibility index (Phi) is 6.86. The van der Waals surface area contributed by atoms with Crippen molar-refractivity contribution in [1.82, 2.24) is 4.90 Å². The molecular formula is C19H27NO6S. The fourth-order valence-corrected chi connectivity index (χ4v) is 4.94. The van der Waals surface area contributed by atoms with Gasteiger partial charge in [-0.3, -0.25) is 4.79 Å². The van der Waals surface area contributed by atoms with Gasteiger partial charge in [0.2, 0.25) is 0 Å². The molecule has 2 atom stereocenters. The van der Waals surface area contributed by atoms with Gasteiger partial charge < -0.3 is 14.4 Å². The number of rotatable bonds is 7. The number of hydrogen-bond donors (Lipinski definition) is 0. The molecule has 1 saturated heterocycles. The Labute approximate surface area is 160 Å². The highest BCUT2D eigenvalue weighted by Gasteiger charge is 2.36. The van der Waals surface area contributed by atoms with E-state index in [1.165, 1.54) is 7.11 Å². The zero-order valence-corrected chi connectivity index (χ0v) is 17.0. The van der Waals surface area contributed by atoms with Crippen molar-refractivity contribution in [3.63, 3.8) is 0 Å². The third-order valence-electron chi connectivity index (χ3n) is 4.93. The minimum absolute atomic E-state index is 0.0355. The Morgan fingerprint density at radius 3 is 2.59 bits per heavy atom. The molecule has 0 unspecified atom stereocenters. The normalized spacial score (nSPS) is 19.3. The predicted octanol–water partition coefficient (Wildman–Crippen LogP) is 1.97. The monoisotopic (exact) mass is 397 g/mol. The summed E-state index contributed by atoms with van der Waals surface area (Å²) in [4.78, 5) is 26.5. The van der Waals surface area contributed by atoms with E-state index < -0.39 is 22.4 Å². The first-order valence-electron chi connectivity index (χ1n) is 9.01. The SMILES string of the molecule is CC[C@@H](C)N(C(=O)COC(=O)c1ccc(C)c(OC)c1)[C@@H]1CCS(=O)(=O)C1. The molecule has 1 fully saturated rings. The van der Waals surface area contributed by atoms with Crippen LogP contribution in [0.2, 0.25) is 0 Å². The zero-order valence-electron chi connectivity index (χ0n) is 16.2. The summed E-state index contributed by atoms with van der Waals surface area (Å²) >= 11 is 0. The molecule has 0 aromatic heterocycles. The molecule has 0 spiro atoms. The maximum Gasteiger partial charge on any atom is 0.338 e. The van der Waals surface area contributed by atoms with Gasteiger partial charge in [-0.2, -0.15) is 0 Å². The standard InChI is InChI=1S/C19H27NO6S/c1-5-14(3)20(16-8-9-27(23,24)12-16)18(21)11-26-19(22)15-7-6-13(2)17(10-15)25-4/h6-7,10,14,16H,5,8-9,11-12H2,1-4H3/t14-,16-/m1/s1. The van der Waals surface area contributed by atoms with E-state index in [0.717, 1.165) is 5.56 Å². The summed E-state index contributed by atoms with van der Waals surface area (Å²) in [6, 6.07) is 4.43. The second-order valence-electron chi connectivity index (χ2n) is 6.88. The van der Waals surface area contributed by atoms with Gasteiger partial charge in [-0.05, 0) is 44.4 Å². The van der Waals surface area contributed by atoms with Crippen LogP contribution in [0.1, 0.15) is 42.6 Å². The van der Waals surface area contributed by atoms with Gasteiger partial charge in [0.15, 0.2) is 16.4 Å². The molecule has 0 N–H and O–H groups in total. The highest BCUT2D eigenvalue weighted by atomic mass is 32.2. The number of hydrogen-bond acceptors (Lipinski definition) is 6. The number of methoxy groups -OCH3 is 1. The van der Waals surface area contributed by atoms with Crippen LogP contribution in [-0.4, -0.2) is 62.5 Å². The number of carbonyl (C=O) groups excluding carboxylic acids is 2. The van der Waals surface area contributed by atoms with E-state index in [9.17, 15) is 18.0 Å². The van der Waals surface area contributed by atoms with Crippen molar-refractivity contribution in [2.24, 2.45) is 0 Å². The number of carbonyl (C=O) groups is 2. The Morgan fingerprint density at radius 2 is 2.04 bits per heavy atom. The third kappa shape index (κ3) is 5.22. The zero-order chi connectivity index (χ0) is 20.2. The lowest BCUT2D eigenvalue weighted by molar-refractivity contribution is -0.138. The summed E-state index contributed by atoms with van der Waals surface area (Å²) in [5, 5.41) is 0. The Morgan fingerprint density at radius 1 is 1.33 bits per heavy atom. The molecule has 2 rings (SSSR count). The highest BCUT2D eigenvalue weighted by Crippen LogP contribution is 2.22. The molecule has 1 heterocycles. The first-order valence-corrected chi connectivity index (χ1v) is 10.8. The van der Waals surface area contributed by atoms with Crippen LogP contribution in [0, 0.1) is 6.92 Å². The Hall–Kier alpha value is -2.09. The Balaban J connectivity index is 2.06. The fourth-order valence-electron chi connectivity index (χ4n) is 3.23. The lowest BCUT2D eigenvalue weighted by Crippen LogP contribution is -2.48. The molecule has 1 aromatic rings. The van der Waals surface area contributed by atoms with Crippen LogP contribution >= 0.6 is 0 Å². The molecule has 0 aliphatic carbocycles. The number of esters is 1. The van der Waals surface area contributed by atoms with Crippen LogP contribution in [-0.2, 0) is 19.4 Å². The van der Waals surface area contributed by atoms with Crippen LogP contribution in [0.3, 0.4) is 0 Å². The second kappa shape index (κ2) is 8.73. The number of benzene rings is 1. The number of nitrogens with zero attached hydrogens (tertiary/aromatic N) is 1. The van der Waals surface area contributed by atoms with E-state index in [-0.39, 0.29) is 29.5 Å². The average molecular weight is 397 g/mol. The lowest BCUT2D eigenvalue weighted by Gasteiger charge is -2.33. The van der Waals surface area contributed by atoms with E-state index >= 15 is 0 Å².